The molecule has 0 radical (unpaired) electrons. The molecule has 23 heavy (non-hydrogen) atoms. The van der Waals surface area contributed by atoms with Gasteiger partial charge in [-0.05, 0) is 48.4 Å². The number of fused-ring (bicyclic) bond motifs is 1. The van der Waals surface area contributed by atoms with E-state index in [0.717, 1.165) is 29.0 Å². The molecular formula is C17H16Cl2N2O2. The topological polar surface area (TPSA) is 50.4 Å². The predicted octanol–water partition coefficient (Wildman–Crippen LogP) is 4.81. The van der Waals surface area contributed by atoms with Crippen LogP contribution in [-0.2, 0) is 6.42 Å². The zero-order valence-electron chi connectivity index (χ0n) is 12.5. The van der Waals surface area contributed by atoms with Crippen molar-refractivity contribution < 1.29 is 9.53 Å². The van der Waals surface area contributed by atoms with Crippen LogP contribution >= 0.6 is 23.2 Å². The summed E-state index contributed by atoms with van der Waals surface area (Å²) in [6.07, 6.45) is 0.864. The first-order valence-corrected chi connectivity index (χ1v) is 8.07. The Morgan fingerprint density at radius 1 is 1.22 bits per heavy atom. The van der Waals surface area contributed by atoms with E-state index in [9.17, 15) is 4.79 Å². The molecule has 1 unspecified atom stereocenters. The van der Waals surface area contributed by atoms with Crippen LogP contribution in [0, 0.1) is 0 Å². The summed E-state index contributed by atoms with van der Waals surface area (Å²) in [6, 6.07) is 10.3. The third-order valence-electron chi connectivity index (χ3n) is 3.72. The van der Waals surface area contributed by atoms with Gasteiger partial charge in [-0.2, -0.15) is 0 Å². The Balaban J connectivity index is 1.64. The highest BCUT2D eigenvalue weighted by Gasteiger charge is 2.15. The van der Waals surface area contributed by atoms with Gasteiger partial charge in [-0.3, -0.25) is 0 Å². The van der Waals surface area contributed by atoms with Crippen molar-refractivity contribution in [2.24, 2.45) is 0 Å². The molecule has 4 nitrogen and oxygen atoms in total. The highest BCUT2D eigenvalue weighted by atomic mass is 35.5. The Kier molecular flexibility index (Phi) is 4.64. The van der Waals surface area contributed by atoms with Gasteiger partial charge in [0.1, 0.15) is 5.75 Å². The van der Waals surface area contributed by atoms with Crippen molar-refractivity contribution >= 4 is 34.9 Å². The summed E-state index contributed by atoms with van der Waals surface area (Å²) in [5.41, 5.74) is 2.66. The van der Waals surface area contributed by atoms with Gasteiger partial charge < -0.3 is 15.4 Å². The number of hydrogen-bond acceptors (Lipinski definition) is 2. The number of carbonyl (C=O) groups excluding carboxylic acids is 1. The van der Waals surface area contributed by atoms with Crippen molar-refractivity contribution in [3.05, 3.63) is 57.6 Å². The van der Waals surface area contributed by atoms with E-state index in [1.807, 2.05) is 31.2 Å². The molecular weight excluding hydrogens is 335 g/mol. The molecule has 0 spiro atoms. The highest BCUT2D eigenvalue weighted by Crippen LogP contribution is 2.28. The summed E-state index contributed by atoms with van der Waals surface area (Å²) < 4.78 is 5.45. The summed E-state index contributed by atoms with van der Waals surface area (Å²) in [5, 5.41) is 6.79. The largest absolute Gasteiger partial charge is 0.493 e. The van der Waals surface area contributed by atoms with Gasteiger partial charge in [0.25, 0.3) is 0 Å². The molecule has 120 valence electrons. The van der Waals surface area contributed by atoms with Crippen LogP contribution in [0.3, 0.4) is 0 Å². The Labute approximate surface area is 144 Å². The van der Waals surface area contributed by atoms with Crippen LogP contribution in [0.4, 0.5) is 10.5 Å². The zero-order valence-corrected chi connectivity index (χ0v) is 14.0. The van der Waals surface area contributed by atoms with Crippen molar-refractivity contribution in [1.29, 1.82) is 0 Å². The maximum absolute atomic E-state index is 12.2. The molecule has 0 bridgehead atoms. The van der Waals surface area contributed by atoms with E-state index in [1.165, 1.54) is 0 Å². The fourth-order valence-corrected chi connectivity index (χ4v) is 3.13. The summed E-state index contributed by atoms with van der Waals surface area (Å²) >= 11 is 12.0. The molecule has 1 atom stereocenters. The van der Waals surface area contributed by atoms with Crippen molar-refractivity contribution in [1.82, 2.24) is 5.32 Å². The SMILES string of the molecule is CC(NC(=O)Nc1ccc2c(c1)CCO2)c1ccc(Cl)cc1Cl. The normalized spacial score (nSPS) is 13.9. The minimum Gasteiger partial charge on any atom is -0.493 e. The van der Waals surface area contributed by atoms with E-state index in [4.69, 9.17) is 27.9 Å². The predicted molar refractivity (Wildman–Crippen MR) is 92.7 cm³/mol. The van der Waals surface area contributed by atoms with E-state index < -0.39 is 0 Å². The van der Waals surface area contributed by atoms with Crippen molar-refractivity contribution in [3.63, 3.8) is 0 Å². The monoisotopic (exact) mass is 350 g/mol. The second-order valence-corrected chi connectivity index (χ2v) is 6.25. The van der Waals surface area contributed by atoms with E-state index in [2.05, 4.69) is 10.6 Å². The minimum absolute atomic E-state index is 0.238. The quantitative estimate of drug-likeness (QED) is 0.834. The Hall–Kier alpha value is -1.91. The molecule has 2 N–H and O–H groups in total. The second kappa shape index (κ2) is 6.69. The third-order valence-corrected chi connectivity index (χ3v) is 4.29. The number of urea groups is 1. The maximum Gasteiger partial charge on any atom is 0.319 e. The average molecular weight is 351 g/mol. The van der Waals surface area contributed by atoms with Crippen molar-refractivity contribution in [3.8, 4) is 5.75 Å². The first kappa shape index (κ1) is 16.0. The first-order chi connectivity index (χ1) is 11.0. The van der Waals surface area contributed by atoms with Gasteiger partial charge >= 0.3 is 6.03 Å². The van der Waals surface area contributed by atoms with E-state index in [1.54, 1.807) is 12.1 Å². The highest BCUT2D eigenvalue weighted by molar-refractivity contribution is 6.35. The van der Waals surface area contributed by atoms with Crippen LogP contribution < -0.4 is 15.4 Å². The molecule has 2 aromatic rings. The van der Waals surface area contributed by atoms with Gasteiger partial charge in [-0.25, -0.2) is 4.79 Å². The number of benzene rings is 2. The summed E-state index contributed by atoms with van der Waals surface area (Å²) in [5.74, 6) is 0.886. The lowest BCUT2D eigenvalue weighted by atomic mass is 10.1. The number of ether oxygens (including phenoxy) is 1. The first-order valence-electron chi connectivity index (χ1n) is 7.31. The van der Waals surface area contributed by atoms with E-state index in [0.29, 0.717) is 16.7 Å². The van der Waals surface area contributed by atoms with Gasteiger partial charge in [-0.1, -0.05) is 29.3 Å². The summed E-state index contributed by atoms with van der Waals surface area (Å²) in [4.78, 5) is 12.2. The molecule has 1 aliphatic rings. The summed E-state index contributed by atoms with van der Waals surface area (Å²) in [7, 11) is 0. The third kappa shape index (κ3) is 3.71. The number of halogens is 2. The minimum atomic E-state index is -0.289. The molecule has 0 aromatic heterocycles. The van der Waals surface area contributed by atoms with Gasteiger partial charge in [0.05, 0.1) is 12.6 Å². The number of nitrogens with one attached hydrogen (secondary N) is 2. The number of hydrogen-bond donors (Lipinski definition) is 2. The van der Waals surface area contributed by atoms with Gasteiger partial charge in [0.15, 0.2) is 0 Å². The van der Waals surface area contributed by atoms with Crippen LogP contribution in [-0.4, -0.2) is 12.6 Å². The van der Waals surface area contributed by atoms with Crippen molar-refractivity contribution in [2.75, 3.05) is 11.9 Å². The van der Waals surface area contributed by atoms with Crippen LogP contribution in [0.25, 0.3) is 0 Å². The van der Waals surface area contributed by atoms with Crippen LogP contribution in [0.2, 0.25) is 10.0 Å². The second-order valence-electron chi connectivity index (χ2n) is 5.41. The molecule has 1 heterocycles. The average Bonchev–Trinajstić information content (AvgIpc) is 2.94. The van der Waals surface area contributed by atoms with Crippen LogP contribution in [0.15, 0.2) is 36.4 Å². The van der Waals surface area contributed by atoms with E-state index >= 15 is 0 Å². The molecule has 3 rings (SSSR count). The van der Waals surface area contributed by atoms with Crippen molar-refractivity contribution in [2.45, 2.75) is 19.4 Å². The van der Waals surface area contributed by atoms with E-state index in [-0.39, 0.29) is 12.1 Å². The Bertz CT molecular complexity index is 749. The smallest absolute Gasteiger partial charge is 0.319 e. The Morgan fingerprint density at radius 3 is 2.83 bits per heavy atom. The molecule has 2 aromatic carbocycles. The van der Waals surface area contributed by atoms with Gasteiger partial charge in [0, 0.05) is 22.2 Å². The molecule has 1 aliphatic heterocycles. The standard InChI is InChI=1S/C17H16Cl2N2O2/c1-10(14-4-2-12(18)9-15(14)19)20-17(22)21-13-3-5-16-11(8-13)6-7-23-16/h2-5,8-10H,6-7H2,1H3,(H2,20,21,22). The fourth-order valence-electron chi connectivity index (χ4n) is 2.56. The number of amides is 2. The molecule has 0 aliphatic carbocycles. The molecule has 2 amide bonds. The molecule has 0 saturated heterocycles. The lowest BCUT2D eigenvalue weighted by Crippen LogP contribution is -2.31. The summed E-state index contributed by atoms with van der Waals surface area (Å²) in [6.45, 7) is 2.56. The maximum atomic E-state index is 12.2. The lowest BCUT2D eigenvalue weighted by Gasteiger charge is -2.16. The number of carbonyl (C=O) groups is 1. The number of anilines is 1. The van der Waals surface area contributed by atoms with Gasteiger partial charge in [-0.15, -0.1) is 0 Å². The Morgan fingerprint density at radius 2 is 2.04 bits per heavy atom. The lowest BCUT2D eigenvalue weighted by molar-refractivity contribution is 0.249. The van der Waals surface area contributed by atoms with Crippen LogP contribution in [0.1, 0.15) is 24.1 Å². The van der Waals surface area contributed by atoms with Crippen LogP contribution in [0.5, 0.6) is 5.75 Å². The van der Waals surface area contributed by atoms with Gasteiger partial charge in [0.2, 0.25) is 0 Å². The fraction of sp³-hybridized carbons (Fsp3) is 0.235. The molecule has 0 saturated carbocycles. The molecule has 0 fully saturated rings. The number of rotatable bonds is 3. The molecule has 6 heteroatoms. The zero-order chi connectivity index (χ0) is 16.4.